The van der Waals surface area contributed by atoms with E-state index in [1.54, 1.807) is 4.31 Å². The van der Waals surface area contributed by atoms with E-state index in [0.29, 0.717) is 10.8 Å². The molecule has 2 unspecified atom stereocenters. The number of methoxy groups -OCH3 is 1. The minimum Gasteiger partial charge on any atom is -0.465 e. The summed E-state index contributed by atoms with van der Waals surface area (Å²) in [6.45, 7) is 0. The fourth-order valence-electron chi connectivity index (χ4n) is 3.67. The molecule has 0 aliphatic carbocycles. The lowest BCUT2D eigenvalue weighted by atomic mass is 10.1. The Morgan fingerprint density at radius 1 is 1.17 bits per heavy atom. The molecule has 2 heterocycles. The van der Waals surface area contributed by atoms with Crippen LogP contribution in [0.25, 0.3) is 0 Å². The molecular weight excluding hydrogens is 334 g/mol. The maximum Gasteiger partial charge on any atom is 0.337 e. The van der Waals surface area contributed by atoms with Crippen LogP contribution in [0.5, 0.6) is 0 Å². The van der Waals surface area contributed by atoms with Crippen LogP contribution in [0.15, 0.2) is 29.2 Å². The zero-order chi connectivity index (χ0) is 16.6. The van der Waals surface area contributed by atoms with Crippen LogP contribution in [0.4, 0.5) is 0 Å². The van der Waals surface area contributed by atoms with Crippen LogP contribution < -0.4 is 0 Å². The Balaban J connectivity index is 1.86. The van der Waals surface area contributed by atoms with Crippen molar-refractivity contribution in [2.24, 2.45) is 0 Å². The summed E-state index contributed by atoms with van der Waals surface area (Å²) in [7, 11) is -2.20. The molecule has 126 valence electrons. The van der Waals surface area contributed by atoms with E-state index in [9.17, 15) is 13.2 Å². The van der Waals surface area contributed by atoms with Gasteiger partial charge in [0.25, 0.3) is 0 Å². The fraction of sp³-hybridized carbons (Fsp3) is 0.562. The van der Waals surface area contributed by atoms with Crippen LogP contribution in [0.1, 0.15) is 36.0 Å². The Morgan fingerprint density at radius 2 is 1.74 bits per heavy atom. The van der Waals surface area contributed by atoms with Crippen molar-refractivity contribution in [1.29, 1.82) is 0 Å². The molecule has 0 aromatic heterocycles. The molecule has 2 fully saturated rings. The number of esters is 1. The molecule has 2 saturated heterocycles. The number of benzene rings is 1. The molecule has 2 atom stereocenters. The largest absolute Gasteiger partial charge is 0.465 e. The van der Waals surface area contributed by atoms with Gasteiger partial charge in [0.1, 0.15) is 0 Å². The summed E-state index contributed by atoms with van der Waals surface area (Å²) in [6, 6.07) is 6.24. The number of hydrogen-bond acceptors (Lipinski definition) is 5. The van der Waals surface area contributed by atoms with Crippen molar-refractivity contribution in [1.82, 2.24) is 4.31 Å². The number of carbonyl (C=O) groups is 1. The molecule has 5 nitrogen and oxygen atoms in total. The van der Waals surface area contributed by atoms with Crippen molar-refractivity contribution >= 4 is 27.8 Å². The number of fused-ring (bicyclic) bond motifs is 2. The van der Waals surface area contributed by atoms with Crippen LogP contribution in [0.3, 0.4) is 0 Å². The molecule has 2 bridgehead atoms. The van der Waals surface area contributed by atoms with Gasteiger partial charge < -0.3 is 4.74 Å². The predicted molar refractivity (Wildman–Crippen MR) is 90.2 cm³/mol. The minimum atomic E-state index is -3.51. The van der Waals surface area contributed by atoms with Crippen molar-refractivity contribution in [3.63, 3.8) is 0 Å². The summed E-state index contributed by atoms with van der Waals surface area (Å²) < 4.78 is 32.4. The van der Waals surface area contributed by atoms with E-state index in [-0.39, 0.29) is 17.0 Å². The lowest BCUT2D eigenvalue weighted by Crippen LogP contribution is -2.47. The topological polar surface area (TPSA) is 63.7 Å². The molecule has 0 N–H and O–H groups in total. The van der Waals surface area contributed by atoms with E-state index in [1.807, 2.05) is 11.8 Å². The summed E-state index contributed by atoms with van der Waals surface area (Å²) in [5, 5.41) is 0.556. The van der Waals surface area contributed by atoms with Gasteiger partial charge in [0, 0.05) is 17.3 Å². The number of thioether (sulfide) groups is 1. The molecule has 1 aromatic rings. The van der Waals surface area contributed by atoms with Gasteiger partial charge in [-0.15, -0.1) is 0 Å². The van der Waals surface area contributed by atoms with Gasteiger partial charge in [0.2, 0.25) is 10.0 Å². The molecule has 2 aliphatic heterocycles. The van der Waals surface area contributed by atoms with Crippen molar-refractivity contribution in [2.75, 3.05) is 13.4 Å². The lowest BCUT2D eigenvalue weighted by molar-refractivity contribution is 0.0600. The van der Waals surface area contributed by atoms with Gasteiger partial charge in [-0.2, -0.15) is 16.1 Å². The normalized spacial score (nSPS) is 27.8. The maximum absolute atomic E-state index is 13.0. The summed E-state index contributed by atoms with van der Waals surface area (Å²) in [5.41, 5.74) is 0.357. The van der Waals surface area contributed by atoms with Gasteiger partial charge in [0.05, 0.1) is 17.6 Å². The Bertz CT molecular complexity index is 673. The third kappa shape index (κ3) is 3.02. The summed E-state index contributed by atoms with van der Waals surface area (Å²) in [4.78, 5) is 11.7. The standard InChI is InChI=1S/C16H21NO4S2/c1-21-16(18)11-3-7-15(8-4-11)23(19,20)17-12-5-6-13(17)10-14(9-12)22-2/h3-4,7-8,12-14H,5-6,9-10H2,1-2H3. The van der Waals surface area contributed by atoms with E-state index in [2.05, 4.69) is 11.0 Å². The van der Waals surface area contributed by atoms with E-state index in [1.165, 1.54) is 31.4 Å². The number of sulfonamides is 1. The van der Waals surface area contributed by atoms with E-state index >= 15 is 0 Å². The molecule has 0 spiro atoms. The Kier molecular flexibility index (Phi) is 4.71. The van der Waals surface area contributed by atoms with Crippen molar-refractivity contribution in [3.05, 3.63) is 29.8 Å². The first-order valence-electron chi connectivity index (χ1n) is 7.72. The van der Waals surface area contributed by atoms with Crippen molar-refractivity contribution in [3.8, 4) is 0 Å². The fourth-order valence-corrected chi connectivity index (χ4v) is 6.39. The van der Waals surface area contributed by atoms with Gasteiger partial charge in [-0.1, -0.05) is 0 Å². The number of carbonyl (C=O) groups excluding carboxylic acids is 1. The van der Waals surface area contributed by atoms with Crippen LogP contribution in [0.2, 0.25) is 0 Å². The number of ether oxygens (including phenoxy) is 1. The summed E-state index contributed by atoms with van der Waals surface area (Å²) in [5.74, 6) is -0.463. The average molecular weight is 355 g/mol. The zero-order valence-corrected chi connectivity index (χ0v) is 14.9. The molecule has 0 saturated carbocycles. The molecule has 0 amide bonds. The molecular formula is C16H21NO4S2. The monoisotopic (exact) mass is 355 g/mol. The summed E-state index contributed by atoms with van der Waals surface area (Å²) >= 11 is 1.84. The zero-order valence-electron chi connectivity index (χ0n) is 13.3. The number of piperidine rings is 1. The number of nitrogens with zero attached hydrogens (tertiary/aromatic N) is 1. The molecule has 7 heteroatoms. The van der Waals surface area contributed by atoms with E-state index in [4.69, 9.17) is 0 Å². The highest BCUT2D eigenvalue weighted by Gasteiger charge is 2.46. The minimum absolute atomic E-state index is 0.108. The Labute approximate surface area is 141 Å². The second-order valence-electron chi connectivity index (χ2n) is 6.07. The smallest absolute Gasteiger partial charge is 0.337 e. The van der Waals surface area contributed by atoms with Gasteiger partial charge >= 0.3 is 5.97 Å². The van der Waals surface area contributed by atoms with Crippen LogP contribution >= 0.6 is 11.8 Å². The first-order chi connectivity index (χ1) is 11.0. The number of hydrogen-bond donors (Lipinski definition) is 0. The van der Waals surface area contributed by atoms with Crippen molar-refractivity contribution < 1.29 is 17.9 Å². The SMILES string of the molecule is COC(=O)c1ccc(S(=O)(=O)N2C3CCC2CC(SC)C3)cc1. The maximum atomic E-state index is 13.0. The Morgan fingerprint density at radius 3 is 2.22 bits per heavy atom. The first kappa shape index (κ1) is 16.8. The van der Waals surface area contributed by atoms with Gasteiger partial charge in [-0.3, -0.25) is 0 Å². The quantitative estimate of drug-likeness (QED) is 0.777. The third-order valence-electron chi connectivity index (χ3n) is 4.81. The molecule has 3 rings (SSSR count). The number of rotatable bonds is 4. The van der Waals surface area contributed by atoms with Gasteiger partial charge in [0.15, 0.2) is 0 Å². The highest BCUT2D eigenvalue weighted by atomic mass is 32.2. The first-order valence-corrected chi connectivity index (χ1v) is 10.4. The van der Waals surface area contributed by atoms with Crippen molar-refractivity contribution in [2.45, 2.75) is 47.9 Å². The Hall–Kier alpha value is -1.05. The van der Waals surface area contributed by atoms with E-state index < -0.39 is 16.0 Å². The molecule has 2 aliphatic rings. The third-order valence-corrected chi connectivity index (χ3v) is 7.88. The predicted octanol–water partition coefficient (Wildman–Crippen LogP) is 2.52. The van der Waals surface area contributed by atoms with Crippen LogP contribution in [-0.2, 0) is 14.8 Å². The van der Waals surface area contributed by atoms with Crippen LogP contribution in [-0.4, -0.2) is 49.4 Å². The molecule has 1 aromatic carbocycles. The molecule has 23 heavy (non-hydrogen) atoms. The highest BCUT2D eigenvalue weighted by Crippen LogP contribution is 2.42. The summed E-state index contributed by atoms with van der Waals surface area (Å²) in [6.07, 6.45) is 5.84. The second kappa shape index (κ2) is 6.45. The van der Waals surface area contributed by atoms with Gasteiger partial charge in [-0.25, -0.2) is 13.2 Å². The van der Waals surface area contributed by atoms with E-state index in [0.717, 1.165) is 25.7 Å². The average Bonchev–Trinajstić information content (AvgIpc) is 2.86. The highest BCUT2D eigenvalue weighted by molar-refractivity contribution is 7.99. The van der Waals surface area contributed by atoms with Crippen LogP contribution in [0, 0.1) is 0 Å². The second-order valence-corrected chi connectivity index (χ2v) is 9.05. The molecule has 0 radical (unpaired) electrons. The van der Waals surface area contributed by atoms with Gasteiger partial charge in [-0.05, 0) is 56.2 Å². The lowest BCUT2D eigenvalue weighted by Gasteiger charge is -2.37.